The highest BCUT2D eigenvalue weighted by atomic mass is 16.5. The van der Waals surface area contributed by atoms with Gasteiger partial charge in [0.25, 0.3) is 0 Å². The summed E-state index contributed by atoms with van der Waals surface area (Å²) in [5, 5.41) is 13.3. The molecule has 0 fully saturated rings. The Hall–Kier alpha value is -0.860. The minimum Gasteiger partial charge on any atom is -0.633 e. The van der Waals surface area contributed by atoms with Crippen molar-refractivity contribution in [3.63, 3.8) is 0 Å². The van der Waals surface area contributed by atoms with Crippen molar-refractivity contribution in [2.45, 2.75) is 97.8 Å². The van der Waals surface area contributed by atoms with Crippen molar-refractivity contribution in [3.05, 3.63) is 41.7 Å². The van der Waals surface area contributed by atoms with E-state index in [9.17, 15) is 5.21 Å². The maximum atomic E-state index is 13.3. The zero-order valence-electron chi connectivity index (χ0n) is 17.9. The van der Waals surface area contributed by atoms with E-state index in [0.29, 0.717) is 0 Å². The van der Waals surface area contributed by atoms with E-state index in [-0.39, 0.29) is 4.65 Å². The average Bonchev–Trinajstić information content (AvgIpc) is 2.64. The predicted molar refractivity (Wildman–Crippen MR) is 118 cm³/mol. The van der Waals surface area contributed by atoms with Gasteiger partial charge in [0.15, 0.2) is 0 Å². The van der Waals surface area contributed by atoms with E-state index in [1.807, 2.05) is 0 Å². The van der Waals surface area contributed by atoms with Crippen LogP contribution in [0.3, 0.4) is 0 Å². The molecule has 0 radical (unpaired) electrons. The van der Waals surface area contributed by atoms with E-state index >= 15 is 0 Å². The third-order valence-electron chi connectivity index (χ3n) is 5.02. The first kappa shape index (κ1) is 25.1. The Morgan fingerprint density at radius 1 is 0.500 bits per heavy atom. The van der Waals surface area contributed by atoms with E-state index in [2.05, 4.69) is 57.2 Å². The molecule has 0 saturated carbocycles. The fraction of sp³-hybridized carbons (Fsp3) is 0.750. The lowest BCUT2D eigenvalue weighted by atomic mass is 10.1. The summed E-state index contributed by atoms with van der Waals surface area (Å²) >= 11 is 0. The van der Waals surface area contributed by atoms with E-state index in [1.54, 1.807) is 0 Å². The number of hydrogen-bond acceptors (Lipinski definition) is 1. The quantitative estimate of drug-likeness (QED) is 0.106. The lowest BCUT2D eigenvalue weighted by Gasteiger charge is -2.43. The molecule has 0 aliphatic rings. The van der Waals surface area contributed by atoms with Crippen LogP contribution in [0.4, 0.5) is 0 Å². The Kier molecular flexibility index (Phi) is 18.3. The number of quaternary nitrogens is 1. The number of nitrogens with zero attached hydrogens (tertiary/aromatic N) is 1. The molecule has 2 nitrogen and oxygen atoms in total. The lowest BCUT2D eigenvalue weighted by Crippen LogP contribution is -2.44. The second-order valence-electron chi connectivity index (χ2n) is 7.48. The van der Waals surface area contributed by atoms with Crippen LogP contribution in [-0.4, -0.2) is 24.3 Å². The van der Waals surface area contributed by atoms with Crippen LogP contribution in [0.2, 0.25) is 0 Å². The first-order valence-corrected chi connectivity index (χ1v) is 11.1. The van der Waals surface area contributed by atoms with Gasteiger partial charge in [0.05, 0.1) is 19.6 Å². The Morgan fingerprint density at radius 2 is 0.808 bits per heavy atom. The van der Waals surface area contributed by atoms with Crippen LogP contribution in [-0.2, 0) is 0 Å². The predicted octanol–water partition coefficient (Wildman–Crippen LogP) is 7.71. The first-order valence-electron chi connectivity index (χ1n) is 11.1. The number of hydroxylamine groups is 3. The Bertz CT molecular complexity index is 315. The average molecular weight is 364 g/mol. The fourth-order valence-corrected chi connectivity index (χ4v) is 3.35. The van der Waals surface area contributed by atoms with Crippen molar-refractivity contribution in [2.75, 3.05) is 19.6 Å². The molecule has 2 heteroatoms. The monoisotopic (exact) mass is 363 g/mol. The molecule has 0 saturated heterocycles. The summed E-state index contributed by atoms with van der Waals surface area (Å²) in [6.45, 7) is 8.68. The summed E-state index contributed by atoms with van der Waals surface area (Å²) in [5.41, 5.74) is 0. The van der Waals surface area contributed by atoms with Gasteiger partial charge < -0.3 is 9.85 Å². The first-order chi connectivity index (χ1) is 12.7. The van der Waals surface area contributed by atoms with Gasteiger partial charge in [-0.05, 0) is 97.8 Å². The summed E-state index contributed by atoms with van der Waals surface area (Å²) in [7, 11) is 0. The van der Waals surface area contributed by atoms with Gasteiger partial charge in [0.2, 0.25) is 0 Å². The summed E-state index contributed by atoms with van der Waals surface area (Å²) in [4.78, 5) is 0. The fourth-order valence-electron chi connectivity index (χ4n) is 3.35. The van der Waals surface area contributed by atoms with Gasteiger partial charge in [-0.3, -0.25) is 0 Å². The molecule has 152 valence electrons. The summed E-state index contributed by atoms with van der Waals surface area (Å²) in [5.74, 6) is 0. The van der Waals surface area contributed by atoms with Crippen molar-refractivity contribution in [1.29, 1.82) is 0 Å². The van der Waals surface area contributed by atoms with Gasteiger partial charge in [-0.15, -0.1) is 0 Å². The van der Waals surface area contributed by atoms with E-state index < -0.39 is 0 Å². The molecule has 26 heavy (non-hydrogen) atoms. The molecule has 0 aliphatic carbocycles. The van der Waals surface area contributed by atoms with Crippen molar-refractivity contribution in [1.82, 2.24) is 0 Å². The molecule has 0 atom stereocenters. The Balaban J connectivity index is 4.13. The molecule has 0 bridgehead atoms. The lowest BCUT2D eigenvalue weighted by molar-refractivity contribution is -0.881. The molecule has 0 amide bonds. The maximum Gasteiger partial charge on any atom is 0.0783 e. The standard InChI is InChI=1S/C24H45NO/c1-4-7-10-13-16-19-22-25(26,23-20-17-14-11-8-5-2)24-21-18-15-12-9-6-3/h4-9H,10-24H2,1-3H3/b7-4+,8-5+,9-6+. The van der Waals surface area contributed by atoms with Gasteiger partial charge in [-0.25, -0.2) is 0 Å². The number of hydrogen-bond donors (Lipinski definition) is 0. The van der Waals surface area contributed by atoms with Crippen LogP contribution in [0.5, 0.6) is 0 Å². The molecule has 0 unspecified atom stereocenters. The van der Waals surface area contributed by atoms with E-state index in [1.165, 1.54) is 38.5 Å². The van der Waals surface area contributed by atoms with Crippen LogP contribution in [0.25, 0.3) is 0 Å². The van der Waals surface area contributed by atoms with Crippen molar-refractivity contribution in [2.24, 2.45) is 0 Å². The second-order valence-corrected chi connectivity index (χ2v) is 7.48. The van der Waals surface area contributed by atoms with Gasteiger partial charge in [-0.2, -0.15) is 0 Å². The van der Waals surface area contributed by atoms with Crippen LogP contribution < -0.4 is 0 Å². The number of rotatable bonds is 18. The SMILES string of the molecule is C/C=C/CCCCC[N+]([O-])(CCCCC/C=C/C)CCCCC/C=C/C. The maximum absolute atomic E-state index is 13.3. The van der Waals surface area contributed by atoms with Gasteiger partial charge in [-0.1, -0.05) is 36.5 Å². The minimum atomic E-state index is 0.0524. The van der Waals surface area contributed by atoms with Crippen molar-refractivity contribution < 1.29 is 4.65 Å². The largest absolute Gasteiger partial charge is 0.633 e. The van der Waals surface area contributed by atoms with Crippen molar-refractivity contribution >= 4 is 0 Å². The number of unbranched alkanes of at least 4 members (excludes halogenated alkanes) is 9. The van der Waals surface area contributed by atoms with Crippen LogP contribution in [0.1, 0.15) is 97.8 Å². The molecular weight excluding hydrogens is 318 g/mol. The third kappa shape index (κ3) is 16.6. The summed E-state index contributed by atoms with van der Waals surface area (Å²) in [6, 6.07) is 0. The third-order valence-corrected chi connectivity index (χ3v) is 5.02. The highest BCUT2D eigenvalue weighted by molar-refractivity contribution is 4.77. The second kappa shape index (κ2) is 18.9. The molecular formula is C24H45NO. The Morgan fingerprint density at radius 3 is 1.08 bits per heavy atom. The molecule has 0 aliphatic heterocycles. The van der Waals surface area contributed by atoms with Gasteiger partial charge >= 0.3 is 0 Å². The minimum absolute atomic E-state index is 0.0524. The highest BCUT2D eigenvalue weighted by Gasteiger charge is 2.15. The van der Waals surface area contributed by atoms with Crippen LogP contribution in [0, 0.1) is 5.21 Å². The molecule has 0 heterocycles. The highest BCUT2D eigenvalue weighted by Crippen LogP contribution is 2.16. The molecule has 0 aromatic carbocycles. The van der Waals surface area contributed by atoms with Crippen LogP contribution in [0.15, 0.2) is 36.5 Å². The smallest absolute Gasteiger partial charge is 0.0783 e. The summed E-state index contributed by atoms with van der Waals surface area (Å²) < 4.78 is 0.0524. The summed E-state index contributed by atoms with van der Waals surface area (Å²) in [6.07, 6.45) is 27.0. The van der Waals surface area contributed by atoms with E-state index in [4.69, 9.17) is 0 Å². The van der Waals surface area contributed by atoms with Gasteiger partial charge in [0, 0.05) is 0 Å². The van der Waals surface area contributed by atoms with Crippen molar-refractivity contribution in [3.8, 4) is 0 Å². The zero-order chi connectivity index (χ0) is 19.3. The zero-order valence-corrected chi connectivity index (χ0v) is 17.9. The van der Waals surface area contributed by atoms with Gasteiger partial charge in [0.1, 0.15) is 0 Å². The van der Waals surface area contributed by atoms with Crippen LogP contribution >= 0.6 is 0 Å². The molecule has 0 rings (SSSR count). The molecule has 0 N–H and O–H groups in total. The number of allylic oxidation sites excluding steroid dienone is 6. The normalized spacial score (nSPS) is 12.9. The molecule has 0 aromatic heterocycles. The van der Waals surface area contributed by atoms with E-state index in [0.717, 1.165) is 58.2 Å². The Labute approximate surface area is 164 Å². The topological polar surface area (TPSA) is 23.1 Å². The molecule has 0 aromatic rings. The molecule has 0 spiro atoms.